The third-order valence-corrected chi connectivity index (χ3v) is 7.22. The minimum absolute atomic E-state index is 0.257. The van der Waals surface area contributed by atoms with E-state index in [1.54, 1.807) is 62.0 Å². The second-order valence-electron chi connectivity index (χ2n) is 7.27. The Morgan fingerprint density at radius 2 is 0.758 bits per heavy atom. The molecular weight excluding hydrogens is 452 g/mol. The first-order chi connectivity index (χ1) is 16.0. The van der Waals surface area contributed by atoms with Gasteiger partial charge in [-0.3, -0.25) is 0 Å². The first-order valence-electron chi connectivity index (χ1n) is 10.3. The largest absolute Gasteiger partial charge is 0.508 e. The molecule has 6 heteroatoms. The molecule has 4 aromatic carbocycles. The van der Waals surface area contributed by atoms with Crippen LogP contribution in [-0.2, 0) is 15.3 Å². The highest BCUT2D eigenvalue weighted by molar-refractivity contribution is 7.99. The Balaban J connectivity index is 1.54. The maximum Gasteiger partial charge on any atom is 0.221 e. The van der Waals surface area contributed by atoms with Crippen LogP contribution in [-0.4, -0.2) is 24.4 Å². The van der Waals surface area contributed by atoms with E-state index in [-0.39, 0.29) is 11.5 Å². The molecule has 0 aliphatic carbocycles. The molecule has 4 aromatic rings. The van der Waals surface area contributed by atoms with Gasteiger partial charge < -0.3 is 19.7 Å². The summed E-state index contributed by atoms with van der Waals surface area (Å²) >= 11 is 3.24. The summed E-state index contributed by atoms with van der Waals surface area (Å²) < 4.78 is 11.8. The van der Waals surface area contributed by atoms with Crippen LogP contribution in [0.2, 0.25) is 0 Å². The predicted molar refractivity (Wildman–Crippen MR) is 132 cm³/mol. The molecule has 4 nitrogen and oxygen atoms in total. The molecule has 0 heterocycles. The van der Waals surface area contributed by atoms with Crippen LogP contribution in [0.25, 0.3) is 0 Å². The van der Waals surface area contributed by atoms with Gasteiger partial charge in [0.05, 0.1) is 0 Å². The molecule has 0 saturated carbocycles. The zero-order chi connectivity index (χ0) is 23.3. The second-order valence-corrected chi connectivity index (χ2v) is 9.56. The quantitative estimate of drug-likeness (QED) is 0.270. The molecule has 168 valence electrons. The molecule has 0 bridgehead atoms. The fourth-order valence-electron chi connectivity index (χ4n) is 3.51. The van der Waals surface area contributed by atoms with E-state index in [2.05, 4.69) is 0 Å². The summed E-state index contributed by atoms with van der Waals surface area (Å²) in [5.74, 6) is -0.511. The van der Waals surface area contributed by atoms with Gasteiger partial charge in [0.15, 0.2) is 0 Å². The number of ether oxygens (including phenoxy) is 2. The van der Waals surface area contributed by atoms with Gasteiger partial charge in [-0.1, -0.05) is 47.8 Å². The van der Waals surface area contributed by atoms with E-state index < -0.39 is 5.79 Å². The molecule has 0 radical (unpaired) electrons. The predicted octanol–water partition coefficient (Wildman–Crippen LogP) is 6.89. The van der Waals surface area contributed by atoms with Gasteiger partial charge in [-0.05, 0) is 72.8 Å². The minimum Gasteiger partial charge on any atom is -0.508 e. The molecular formula is C27H24O4S2. The molecule has 0 saturated heterocycles. The molecule has 0 aromatic heterocycles. The number of rotatable bonds is 8. The molecule has 2 N–H and O–H groups in total. The van der Waals surface area contributed by atoms with Gasteiger partial charge in [0.1, 0.15) is 11.5 Å². The van der Waals surface area contributed by atoms with Crippen LogP contribution in [0.5, 0.6) is 11.5 Å². The molecule has 0 fully saturated rings. The molecule has 0 unspecified atom stereocenters. The zero-order valence-electron chi connectivity index (χ0n) is 18.3. The molecule has 33 heavy (non-hydrogen) atoms. The van der Waals surface area contributed by atoms with E-state index in [1.165, 1.54) is 0 Å². The van der Waals surface area contributed by atoms with Gasteiger partial charge in [0.25, 0.3) is 0 Å². The lowest BCUT2D eigenvalue weighted by Gasteiger charge is -2.32. The van der Waals surface area contributed by atoms with Crippen molar-refractivity contribution in [3.05, 3.63) is 108 Å². The number of aromatic hydroxyl groups is 2. The highest BCUT2D eigenvalue weighted by atomic mass is 32.2. The van der Waals surface area contributed by atoms with Crippen LogP contribution in [0.4, 0.5) is 0 Å². The highest BCUT2D eigenvalue weighted by Gasteiger charge is 2.34. The fraction of sp³-hybridized carbons (Fsp3) is 0.111. The Morgan fingerprint density at radius 1 is 0.485 bits per heavy atom. The maximum absolute atomic E-state index is 9.46. The van der Waals surface area contributed by atoms with Crippen molar-refractivity contribution >= 4 is 23.5 Å². The molecule has 0 spiro atoms. The van der Waals surface area contributed by atoms with Crippen LogP contribution in [0, 0.1) is 0 Å². The number of hydrogen-bond acceptors (Lipinski definition) is 6. The summed E-state index contributed by atoms with van der Waals surface area (Å²) in [4.78, 5) is 4.25. The molecule has 0 aliphatic rings. The summed E-state index contributed by atoms with van der Waals surface area (Å²) in [5, 5.41) is 18.9. The van der Waals surface area contributed by atoms with E-state index >= 15 is 0 Å². The average molecular weight is 477 g/mol. The van der Waals surface area contributed by atoms with Crippen LogP contribution in [0.15, 0.2) is 117 Å². The van der Waals surface area contributed by atoms with E-state index in [1.807, 2.05) is 72.8 Å². The Kier molecular flexibility index (Phi) is 7.30. The van der Waals surface area contributed by atoms with Crippen LogP contribution < -0.4 is 0 Å². The van der Waals surface area contributed by atoms with Crippen molar-refractivity contribution in [2.75, 3.05) is 14.2 Å². The van der Waals surface area contributed by atoms with Crippen molar-refractivity contribution < 1.29 is 19.7 Å². The van der Waals surface area contributed by atoms with Gasteiger partial charge in [-0.2, -0.15) is 0 Å². The van der Waals surface area contributed by atoms with Crippen molar-refractivity contribution in [2.45, 2.75) is 25.4 Å². The number of phenols is 2. The summed E-state index contributed by atoms with van der Waals surface area (Å²) in [6.07, 6.45) is 0. The first-order valence-corrected chi connectivity index (χ1v) is 11.9. The Hall–Kier alpha value is -2.90. The first kappa shape index (κ1) is 23.3. The van der Waals surface area contributed by atoms with Crippen LogP contribution in [0.3, 0.4) is 0 Å². The van der Waals surface area contributed by atoms with Crippen LogP contribution in [0.1, 0.15) is 11.1 Å². The van der Waals surface area contributed by atoms with Crippen molar-refractivity contribution in [3.8, 4) is 11.5 Å². The summed E-state index contributed by atoms with van der Waals surface area (Å²) in [5.41, 5.74) is 1.78. The Labute approximate surface area is 202 Å². The molecule has 0 aliphatic heterocycles. The van der Waals surface area contributed by atoms with Crippen molar-refractivity contribution in [1.82, 2.24) is 0 Å². The standard InChI is InChI=1S/C27H24O4S2/c1-30-27(31-2,19-3-11-23(12-4-19)32-25-15-7-21(28)8-16-25)20-5-13-24(14-6-20)33-26-17-9-22(29)10-18-26/h3-18,28-29H,1-2H3. The lowest BCUT2D eigenvalue weighted by Crippen LogP contribution is -2.32. The summed E-state index contributed by atoms with van der Waals surface area (Å²) in [6, 6.07) is 30.5. The van der Waals surface area contributed by atoms with Gasteiger partial charge in [0, 0.05) is 44.9 Å². The smallest absolute Gasteiger partial charge is 0.221 e. The number of methoxy groups -OCH3 is 2. The number of phenolic OH excluding ortho intramolecular Hbond substituents is 2. The minimum atomic E-state index is -1.02. The lowest BCUT2D eigenvalue weighted by atomic mass is 9.97. The summed E-state index contributed by atoms with van der Waals surface area (Å²) in [7, 11) is 3.28. The van der Waals surface area contributed by atoms with Gasteiger partial charge in [-0.15, -0.1) is 0 Å². The third kappa shape index (κ3) is 5.37. The zero-order valence-corrected chi connectivity index (χ0v) is 19.9. The molecule has 0 atom stereocenters. The normalized spacial score (nSPS) is 11.5. The highest BCUT2D eigenvalue weighted by Crippen LogP contribution is 2.38. The summed E-state index contributed by atoms with van der Waals surface area (Å²) in [6.45, 7) is 0. The number of benzene rings is 4. The molecule has 0 amide bonds. The van der Waals surface area contributed by atoms with E-state index in [9.17, 15) is 10.2 Å². The maximum atomic E-state index is 9.46. The Bertz CT molecular complexity index is 1080. The van der Waals surface area contributed by atoms with E-state index in [0.717, 1.165) is 30.7 Å². The number of hydrogen-bond donors (Lipinski definition) is 2. The van der Waals surface area contributed by atoms with Gasteiger partial charge in [-0.25, -0.2) is 0 Å². The van der Waals surface area contributed by atoms with E-state index in [0.29, 0.717) is 0 Å². The lowest BCUT2D eigenvalue weighted by molar-refractivity contribution is -0.183. The SMILES string of the molecule is COC(OC)(c1ccc(Sc2ccc(O)cc2)cc1)c1ccc(Sc2ccc(O)cc2)cc1. The van der Waals surface area contributed by atoms with Crippen molar-refractivity contribution in [3.63, 3.8) is 0 Å². The molecule has 4 rings (SSSR count). The van der Waals surface area contributed by atoms with Crippen molar-refractivity contribution in [1.29, 1.82) is 0 Å². The average Bonchev–Trinajstić information content (AvgIpc) is 2.85. The third-order valence-electron chi connectivity index (χ3n) is 5.19. The topological polar surface area (TPSA) is 58.9 Å². The monoisotopic (exact) mass is 476 g/mol. The van der Waals surface area contributed by atoms with Gasteiger partial charge >= 0.3 is 0 Å². The van der Waals surface area contributed by atoms with Crippen molar-refractivity contribution in [2.24, 2.45) is 0 Å². The second kappa shape index (κ2) is 10.4. The van der Waals surface area contributed by atoms with E-state index in [4.69, 9.17) is 9.47 Å². The Morgan fingerprint density at radius 3 is 1.03 bits per heavy atom. The van der Waals surface area contributed by atoms with Crippen LogP contribution >= 0.6 is 23.5 Å². The fourth-order valence-corrected chi connectivity index (χ4v) is 5.14. The van der Waals surface area contributed by atoms with Gasteiger partial charge in [0.2, 0.25) is 5.79 Å².